The lowest BCUT2D eigenvalue weighted by Crippen LogP contribution is -2.07. The molecule has 1 heterocycles. The minimum absolute atomic E-state index is 0.656. The second kappa shape index (κ2) is 8.22. The number of hydrogen-bond acceptors (Lipinski definition) is 6. The van der Waals surface area contributed by atoms with Gasteiger partial charge in [0.05, 0.1) is 19.9 Å². The minimum Gasteiger partial charge on any atom is -0.497 e. The zero-order valence-electron chi connectivity index (χ0n) is 14.1. The molecule has 0 saturated carbocycles. The third-order valence-electron chi connectivity index (χ3n) is 3.36. The topological polar surface area (TPSA) is 68.3 Å². The second-order valence-electron chi connectivity index (χ2n) is 5.59. The summed E-state index contributed by atoms with van der Waals surface area (Å²) in [6.45, 7) is 5.28. The monoisotopic (exact) mass is 316 g/mol. The normalized spacial score (nSPS) is 10.5. The van der Waals surface area contributed by atoms with Crippen LogP contribution in [0.1, 0.15) is 20.3 Å². The van der Waals surface area contributed by atoms with E-state index >= 15 is 0 Å². The molecule has 0 radical (unpaired) electrons. The molecule has 0 aliphatic rings. The predicted molar refractivity (Wildman–Crippen MR) is 92.8 cm³/mol. The third-order valence-corrected chi connectivity index (χ3v) is 3.36. The first-order chi connectivity index (χ1) is 11.1. The Hall–Kier alpha value is -2.50. The second-order valence-corrected chi connectivity index (χ2v) is 5.59. The average Bonchev–Trinajstić information content (AvgIpc) is 2.55. The Labute approximate surface area is 137 Å². The van der Waals surface area contributed by atoms with Gasteiger partial charge in [-0.15, -0.1) is 0 Å². The SMILES string of the molecule is COc1ccc(OC)c(Nc2cc(NCCC(C)C)ncn2)c1. The molecule has 0 aliphatic carbocycles. The van der Waals surface area contributed by atoms with Gasteiger partial charge in [0.2, 0.25) is 0 Å². The Bertz CT molecular complexity index is 632. The van der Waals surface area contributed by atoms with Crippen molar-refractivity contribution in [1.82, 2.24) is 9.97 Å². The van der Waals surface area contributed by atoms with E-state index in [0.717, 1.165) is 36.0 Å². The fraction of sp³-hybridized carbons (Fsp3) is 0.412. The van der Waals surface area contributed by atoms with Gasteiger partial charge in [0.25, 0.3) is 0 Å². The van der Waals surface area contributed by atoms with Crippen molar-refractivity contribution in [3.05, 3.63) is 30.6 Å². The molecule has 6 nitrogen and oxygen atoms in total. The molecule has 2 aromatic rings. The fourth-order valence-electron chi connectivity index (χ4n) is 2.06. The number of benzene rings is 1. The summed E-state index contributed by atoms with van der Waals surface area (Å²) in [5.41, 5.74) is 0.790. The van der Waals surface area contributed by atoms with Crippen molar-refractivity contribution >= 4 is 17.3 Å². The summed E-state index contributed by atoms with van der Waals surface area (Å²) in [5, 5.41) is 6.55. The summed E-state index contributed by atoms with van der Waals surface area (Å²) in [4.78, 5) is 8.49. The lowest BCUT2D eigenvalue weighted by Gasteiger charge is -2.13. The Kier molecular flexibility index (Phi) is 6.02. The van der Waals surface area contributed by atoms with Crippen LogP contribution in [-0.4, -0.2) is 30.7 Å². The predicted octanol–water partition coefficient (Wildman–Crippen LogP) is 3.70. The summed E-state index contributed by atoms with van der Waals surface area (Å²) in [6, 6.07) is 7.44. The molecule has 2 N–H and O–H groups in total. The van der Waals surface area contributed by atoms with Crippen molar-refractivity contribution in [1.29, 1.82) is 0 Å². The summed E-state index contributed by atoms with van der Waals surface area (Å²) in [6.07, 6.45) is 2.63. The van der Waals surface area contributed by atoms with Crippen molar-refractivity contribution in [2.45, 2.75) is 20.3 Å². The highest BCUT2D eigenvalue weighted by Gasteiger charge is 2.07. The summed E-state index contributed by atoms with van der Waals surface area (Å²) in [7, 11) is 3.26. The summed E-state index contributed by atoms with van der Waals surface area (Å²) >= 11 is 0. The van der Waals surface area contributed by atoms with Crippen molar-refractivity contribution in [3.63, 3.8) is 0 Å². The first-order valence-electron chi connectivity index (χ1n) is 7.67. The highest BCUT2D eigenvalue weighted by atomic mass is 16.5. The number of nitrogens with zero attached hydrogens (tertiary/aromatic N) is 2. The van der Waals surface area contributed by atoms with Crippen molar-refractivity contribution in [3.8, 4) is 11.5 Å². The molecular weight excluding hydrogens is 292 g/mol. The molecule has 0 amide bonds. The van der Waals surface area contributed by atoms with Gasteiger partial charge in [-0.1, -0.05) is 13.8 Å². The van der Waals surface area contributed by atoms with Crippen LogP contribution in [-0.2, 0) is 0 Å². The highest BCUT2D eigenvalue weighted by molar-refractivity contribution is 5.67. The van der Waals surface area contributed by atoms with E-state index in [1.807, 2.05) is 24.3 Å². The van der Waals surface area contributed by atoms with E-state index in [0.29, 0.717) is 11.7 Å². The molecule has 0 atom stereocenters. The van der Waals surface area contributed by atoms with Gasteiger partial charge in [-0.3, -0.25) is 0 Å². The number of ether oxygens (including phenoxy) is 2. The van der Waals surface area contributed by atoms with Gasteiger partial charge in [-0.25, -0.2) is 9.97 Å². The number of hydrogen-bond donors (Lipinski definition) is 2. The van der Waals surface area contributed by atoms with Crippen LogP contribution in [0.5, 0.6) is 11.5 Å². The van der Waals surface area contributed by atoms with E-state index in [-0.39, 0.29) is 0 Å². The van der Waals surface area contributed by atoms with E-state index in [4.69, 9.17) is 9.47 Å². The molecule has 0 saturated heterocycles. The van der Waals surface area contributed by atoms with Gasteiger partial charge in [-0.2, -0.15) is 0 Å². The van der Waals surface area contributed by atoms with Crippen LogP contribution in [0, 0.1) is 5.92 Å². The van der Waals surface area contributed by atoms with Crippen LogP contribution in [0.25, 0.3) is 0 Å². The van der Waals surface area contributed by atoms with Gasteiger partial charge < -0.3 is 20.1 Å². The van der Waals surface area contributed by atoms with Crippen LogP contribution in [0.4, 0.5) is 17.3 Å². The Morgan fingerprint density at radius 1 is 1.04 bits per heavy atom. The Morgan fingerprint density at radius 2 is 1.83 bits per heavy atom. The maximum absolute atomic E-state index is 5.36. The van der Waals surface area contributed by atoms with Crippen LogP contribution < -0.4 is 20.1 Å². The van der Waals surface area contributed by atoms with Gasteiger partial charge >= 0.3 is 0 Å². The molecule has 1 aromatic carbocycles. The standard InChI is InChI=1S/C17H24N4O2/c1-12(2)7-8-18-16-10-17(20-11-19-16)21-14-9-13(22-3)5-6-15(14)23-4/h5-6,9-12H,7-8H2,1-4H3,(H2,18,19,20,21). The van der Waals surface area contributed by atoms with Crippen LogP contribution in [0.15, 0.2) is 30.6 Å². The molecule has 0 spiro atoms. The molecule has 0 bridgehead atoms. The zero-order valence-corrected chi connectivity index (χ0v) is 14.1. The van der Waals surface area contributed by atoms with E-state index in [2.05, 4.69) is 34.4 Å². The van der Waals surface area contributed by atoms with Gasteiger partial charge in [0, 0.05) is 18.7 Å². The first kappa shape index (κ1) is 16.9. The molecule has 1 aromatic heterocycles. The third kappa shape index (κ3) is 5.02. The molecule has 2 rings (SSSR count). The lowest BCUT2D eigenvalue weighted by molar-refractivity contribution is 0.405. The summed E-state index contributed by atoms with van der Waals surface area (Å²) in [5.74, 6) is 3.61. The van der Waals surface area contributed by atoms with Crippen LogP contribution in [0.2, 0.25) is 0 Å². The Balaban J connectivity index is 2.11. The molecular formula is C17H24N4O2. The van der Waals surface area contributed by atoms with Crippen molar-refractivity contribution < 1.29 is 9.47 Å². The average molecular weight is 316 g/mol. The minimum atomic E-state index is 0.656. The van der Waals surface area contributed by atoms with E-state index < -0.39 is 0 Å². The number of methoxy groups -OCH3 is 2. The summed E-state index contributed by atoms with van der Waals surface area (Å²) < 4.78 is 10.6. The molecule has 0 fully saturated rings. The van der Waals surface area contributed by atoms with Crippen molar-refractivity contribution in [2.24, 2.45) is 5.92 Å². The molecule has 124 valence electrons. The largest absolute Gasteiger partial charge is 0.497 e. The van der Waals surface area contributed by atoms with Crippen LogP contribution in [0.3, 0.4) is 0 Å². The smallest absolute Gasteiger partial charge is 0.142 e. The zero-order chi connectivity index (χ0) is 16.7. The lowest BCUT2D eigenvalue weighted by atomic mass is 10.1. The molecule has 6 heteroatoms. The van der Waals surface area contributed by atoms with E-state index in [9.17, 15) is 0 Å². The maximum Gasteiger partial charge on any atom is 0.142 e. The number of rotatable bonds is 8. The quantitative estimate of drug-likeness (QED) is 0.774. The van der Waals surface area contributed by atoms with Crippen molar-refractivity contribution in [2.75, 3.05) is 31.4 Å². The van der Waals surface area contributed by atoms with E-state index in [1.54, 1.807) is 14.2 Å². The first-order valence-corrected chi connectivity index (χ1v) is 7.67. The Morgan fingerprint density at radius 3 is 2.52 bits per heavy atom. The molecule has 0 aliphatic heterocycles. The number of nitrogens with one attached hydrogen (secondary N) is 2. The fourth-order valence-corrected chi connectivity index (χ4v) is 2.06. The van der Waals surface area contributed by atoms with Crippen LogP contribution >= 0.6 is 0 Å². The van der Waals surface area contributed by atoms with Gasteiger partial charge in [-0.05, 0) is 24.5 Å². The molecule has 23 heavy (non-hydrogen) atoms. The highest BCUT2D eigenvalue weighted by Crippen LogP contribution is 2.31. The van der Waals surface area contributed by atoms with Gasteiger partial charge in [0.15, 0.2) is 0 Å². The number of aromatic nitrogens is 2. The maximum atomic E-state index is 5.36. The van der Waals surface area contributed by atoms with Gasteiger partial charge in [0.1, 0.15) is 29.5 Å². The van der Waals surface area contributed by atoms with E-state index in [1.165, 1.54) is 6.33 Å². The number of anilines is 3. The molecule has 0 unspecified atom stereocenters.